The number of ether oxygens (including phenoxy) is 1. The van der Waals surface area contributed by atoms with Crippen LogP contribution in [0.4, 0.5) is 5.82 Å². The van der Waals surface area contributed by atoms with Gasteiger partial charge in [0.1, 0.15) is 23.0 Å². The van der Waals surface area contributed by atoms with Crippen molar-refractivity contribution in [3.8, 4) is 5.75 Å². The first kappa shape index (κ1) is 14.4. The van der Waals surface area contributed by atoms with Crippen LogP contribution in [0.1, 0.15) is 17.1 Å². The van der Waals surface area contributed by atoms with Gasteiger partial charge in [0.15, 0.2) is 0 Å². The molecule has 0 spiro atoms. The van der Waals surface area contributed by atoms with Crippen molar-refractivity contribution in [3.05, 3.63) is 47.4 Å². The van der Waals surface area contributed by atoms with Gasteiger partial charge in [-0.1, -0.05) is 12.1 Å². The molecule has 0 saturated carbocycles. The van der Waals surface area contributed by atoms with Gasteiger partial charge in [-0.2, -0.15) is 0 Å². The highest BCUT2D eigenvalue weighted by Gasteiger charge is 2.07. The second-order valence-corrected chi connectivity index (χ2v) is 5.36. The predicted molar refractivity (Wildman–Crippen MR) is 88.6 cm³/mol. The highest BCUT2D eigenvalue weighted by Crippen LogP contribution is 2.21. The van der Waals surface area contributed by atoms with Gasteiger partial charge in [-0.15, -0.1) is 0 Å². The third kappa shape index (κ3) is 3.03. The van der Waals surface area contributed by atoms with Gasteiger partial charge in [0, 0.05) is 12.2 Å². The average molecular weight is 296 g/mol. The molecule has 0 amide bonds. The number of fused-ring (bicyclic) bond motifs is 1. The Labute approximate surface area is 129 Å². The van der Waals surface area contributed by atoms with Gasteiger partial charge in [0.25, 0.3) is 0 Å². The summed E-state index contributed by atoms with van der Waals surface area (Å²) in [5.74, 6) is 2.54. The van der Waals surface area contributed by atoms with Gasteiger partial charge in [-0.25, -0.2) is 9.97 Å². The number of H-pyrrole nitrogens is 1. The molecule has 2 aromatic heterocycles. The Bertz CT molecular complexity index is 777. The fourth-order valence-electron chi connectivity index (χ4n) is 2.50. The molecule has 3 rings (SSSR count). The molecule has 0 saturated heterocycles. The zero-order valence-electron chi connectivity index (χ0n) is 13.1. The zero-order chi connectivity index (χ0) is 15.5. The molecule has 0 atom stereocenters. The number of hydrogen-bond donors (Lipinski definition) is 2. The maximum absolute atomic E-state index is 5.17. The Morgan fingerprint density at radius 1 is 1.14 bits per heavy atom. The minimum absolute atomic E-state index is 0.765. The highest BCUT2D eigenvalue weighted by atomic mass is 16.5. The smallest absolute Gasteiger partial charge is 0.143 e. The molecule has 0 aliphatic rings. The molecule has 0 unspecified atom stereocenters. The van der Waals surface area contributed by atoms with Crippen LogP contribution in [0.25, 0.3) is 11.0 Å². The van der Waals surface area contributed by atoms with E-state index in [0.29, 0.717) is 0 Å². The van der Waals surface area contributed by atoms with Crippen molar-refractivity contribution in [2.45, 2.75) is 20.3 Å². The van der Waals surface area contributed by atoms with Crippen LogP contribution in [0, 0.1) is 13.8 Å². The van der Waals surface area contributed by atoms with Crippen LogP contribution in [0.15, 0.2) is 30.3 Å². The van der Waals surface area contributed by atoms with Crippen molar-refractivity contribution < 1.29 is 4.74 Å². The van der Waals surface area contributed by atoms with Crippen molar-refractivity contribution in [2.75, 3.05) is 19.0 Å². The van der Waals surface area contributed by atoms with E-state index in [-0.39, 0.29) is 0 Å². The van der Waals surface area contributed by atoms with Gasteiger partial charge >= 0.3 is 0 Å². The number of nitrogens with one attached hydrogen (secondary N) is 2. The molecule has 5 heteroatoms. The van der Waals surface area contributed by atoms with Crippen LogP contribution < -0.4 is 10.1 Å². The standard InChI is InChI=1S/C17H20N4O/c1-11-10-15-16(20-12(2)21-17(15)19-11)18-9-8-13-4-6-14(22-3)7-5-13/h4-7,10H,8-9H2,1-3H3,(H2,18,19,20,21). The monoisotopic (exact) mass is 296 g/mol. The van der Waals surface area contributed by atoms with E-state index in [1.807, 2.05) is 26.0 Å². The second kappa shape index (κ2) is 6.05. The third-order valence-electron chi connectivity index (χ3n) is 3.60. The van der Waals surface area contributed by atoms with E-state index in [9.17, 15) is 0 Å². The molecule has 0 fully saturated rings. The number of methoxy groups -OCH3 is 1. The first-order chi connectivity index (χ1) is 10.7. The molecule has 1 aromatic carbocycles. The summed E-state index contributed by atoms with van der Waals surface area (Å²) in [4.78, 5) is 12.2. The van der Waals surface area contributed by atoms with Crippen molar-refractivity contribution in [1.82, 2.24) is 15.0 Å². The molecule has 0 aliphatic carbocycles. The van der Waals surface area contributed by atoms with Crippen molar-refractivity contribution >= 4 is 16.9 Å². The number of aromatic amines is 1. The minimum atomic E-state index is 0.765. The molecule has 22 heavy (non-hydrogen) atoms. The zero-order valence-corrected chi connectivity index (χ0v) is 13.1. The Hall–Kier alpha value is -2.56. The van der Waals surface area contributed by atoms with Crippen LogP contribution in [-0.4, -0.2) is 28.6 Å². The summed E-state index contributed by atoms with van der Waals surface area (Å²) in [5, 5.41) is 4.46. The van der Waals surface area contributed by atoms with Crippen LogP contribution in [0.5, 0.6) is 5.75 Å². The SMILES string of the molecule is COc1ccc(CCNc2nc(C)nc3[nH]c(C)cc23)cc1. The number of anilines is 1. The Kier molecular flexibility index (Phi) is 3.96. The van der Waals surface area contributed by atoms with Crippen LogP contribution in [-0.2, 0) is 6.42 Å². The predicted octanol–water partition coefficient (Wildman–Crippen LogP) is 3.24. The molecular formula is C17H20N4O. The van der Waals surface area contributed by atoms with Crippen LogP contribution in [0.3, 0.4) is 0 Å². The van der Waals surface area contributed by atoms with E-state index in [2.05, 4.69) is 38.5 Å². The number of aromatic nitrogens is 3. The van der Waals surface area contributed by atoms with Crippen LogP contribution in [0.2, 0.25) is 0 Å². The Morgan fingerprint density at radius 2 is 1.91 bits per heavy atom. The van der Waals surface area contributed by atoms with E-state index in [1.165, 1.54) is 5.56 Å². The van der Waals surface area contributed by atoms with Gasteiger partial charge in [0.2, 0.25) is 0 Å². The molecule has 2 N–H and O–H groups in total. The lowest BCUT2D eigenvalue weighted by molar-refractivity contribution is 0.414. The van der Waals surface area contributed by atoms with Crippen molar-refractivity contribution in [2.24, 2.45) is 0 Å². The number of nitrogens with zero attached hydrogens (tertiary/aromatic N) is 2. The molecule has 2 heterocycles. The van der Waals surface area contributed by atoms with Gasteiger partial charge in [-0.3, -0.25) is 0 Å². The molecule has 5 nitrogen and oxygen atoms in total. The van der Waals surface area contributed by atoms with Gasteiger partial charge < -0.3 is 15.0 Å². The minimum Gasteiger partial charge on any atom is -0.497 e. The quantitative estimate of drug-likeness (QED) is 0.758. The van der Waals surface area contributed by atoms with E-state index < -0.39 is 0 Å². The number of aryl methyl sites for hydroxylation is 2. The summed E-state index contributed by atoms with van der Waals surface area (Å²) in [6.07, 6.45) is 0.929. The fraction of sp³-hybridized carbons (Fsp3) is 0.294. The first-order valence-corrected chi connectivity index (χ1v) is 7.36. The lowest BCUT2D eigenvalue weighted by Gasteiger charge is -2.08. The summed E-state index contributed by atoms with van der Waals surface area (Å²) >= 11 is 0. The van der Waals surface area contributed by atoms with E-state index in [4.69, 9.17) is 4.74 Å². The van der Waals surface area contributed by atoms with Crippen molar-refractivity contribution in [3.63, 3.8) is 0 Å². The summed E-state index contributed by atoms with van der Waals surface area (Å²) in [7, 11) is 1.68. The molecule has 0 aliphatic heterocycles. The number of hydrogen-bond acceptors (Lipinski definition) is 4. The molecule has 0 bridgehead atoms. The van der Waals surface area contributed by atoms with Gasteiger partial charge in [0.05, 0.1) is 12.5 Å². The summed E-state index contributed by atoms with van der Waals surface area (Å²) in [6.45, 7) is 4.75. The highest BCUT2D eigenvalue weighted by molar-refractivity contribution is 5.87. The summed E-state index contributed by atoms with van der Waals surface area (Å²) in [6, 6.07) is 10.2. The van der Waals surface area contributed by atoms with E-state index in [1.54, 1.807) is 7.11 Å². The largest absolute Gasteiger partial charge is 0.497 e. The lowest BCUT2D eigenvalue weighted by Crippen LogP contribution is -2.07. The van der Waals surface area contributed by atoms with Crippen LogP contribution >= 0.6 is 0 Å². The first-order valence-electron chi connectivity index (χ1n) is 7.36. The molecular weight excluding hydrogens is 276 g/mol. The van der Waals surface area contributed by atoms with E-state index >= 15 is 0 Å². The molecule has 114 valence electrons. The average Bonchev–Trinajstić information content (AvgIpc) is 2.88. The number of benzene rings is 1. The topological polar surface area (TPSA) is 62.8 Å². The number of rotatable bonds is 5. The third-order valence-corrected chi connectivity index (χ3v) is 3.60. The second-order valence-electron chi connectivity index (χ2n) is 5.36. The van der Waals surface area contributed by atoms with E-state index in [0.717, 1.165) is 47.1 Å². The normalized spacial score (nSPS) is 10.9. The maximum Gasteiger partial charge on any atom is 0.143 e. The summed E-state index contributed by atoms with van der Waals surface area (Å²) < 4.78 is 5.17. The molecule has 0 radical (unpaired) electrons. The Balaban J connectivity index is 1.70. The maximum atomic E-state index is 5.17. The lowest BCUT2D eigenvalue weighted by atomic mass is 10.1. The van der Waals surface area contributed by atoms with Crippen molar-refractivity contribution in [1.29, 1.82) is 0 Å². The molecule has 3 aromatic rings. The van der Waals surface area contributed by atoms with Gasteiger partial charge in [-0.05, 0) is 44.0 Å². The summed E-state index contributed by atoms with van der Waals surface area (Å²) in [5.41, 5.74) is 3.24. The fourth-order valence-corrected chi connectivity index (χ4v) is 2.50. The Morgan fingerprint density at radius 3 is 2.64 bits per heavy atom.